The zero-order valence-corrected chi connectivity index (χ0v) is 34.2. The van der Waals surface area contributed by atoms with Crippen molar-refractivity contribution in [3.8, 4) is 41.8 Å². The molecule has 4 heterocycles. The summed E-state index contributed by atoms with van der Waals surface area (Å²) < 4.78 is 60.5. The minimum absolute atomic E-state index is 0.322. The van der Waals surface area contributed by atoms with Crippen LogP contribution in [0.4, 0.5) is 17.6 Å². The molecule has 228 valence electrons. The first-order valence-corrected chi connectivity index (χ1v) is 37.4. The summed E-state index contributed by atoms with van der Waals surface area (Å²) in [4.78, 5) is 17.1. The number of thiophene rings is 4. The Labute approximate surface area is 280 Å². The van der Waals surface area contributed by atoms with E-state index in [1.54, 1.807) is 34.8 Å². The molecule has 0 saturated carbocycles. The zero-order valence-electron chi connectivity index (χ0n) is 25.2. The van der Waals surface area contributed by atoms with Crippen molar-refractivity contribution in [3.05, 3.63) is 107 Å². The molecular formula is C34H32F4S4Sn2. The Morgan fingerprint density at radius 1 is 0.432 bits per heavy atom. The van der Waals surface area contributed by atoms with E-state index in [4.69, 9.17) is 0 Å². The molecule has 6 rings (SSSR count). The Hall–Kier alpha value is -1.44. The van der Waals surface area contributed by atoms with Crippen LogP contribution in [0.25, 0.3) is 41.8 Å². The summed E-state index contributed by atoms with van der Waals surface area (Å²) in [5.74, 6) is -1.45. The van der Waals surface area contributed by atoms with Gasteiger partial charge in [-0.2, -0.15) is 0 Å². The van der Waals surface area contributed by atoms with Crippen LogP contribution in [0.1, 0.15) is 0 Å². The van der Waals surface area contributed by atoms with E-state index in [2.05, 4.69) is 41.8 Å². The van der Waals surface area contributed by atoms with Crippen LogP contribution in [0.3, 0.4) is 0 Å². The molecule has 0 unspecified atom stereocenters. The summed E-state index contributed by atoms with van der Waals surface area (Å²) in [6, 6.07) is 20.6. The molecule has 0 amide bonds. The van der Waals surface area contributed by atoms with E-state index in [0.717, 1.165) is 19.5 Å². The average Bonchev–Trinajstić information content (AvgIpc) is 3.77. The van der Waals surface area contributed by atoms with E-state index in [1.807, 2.05) is 35.0 Å². The number of hydrogen-bond donors (Lipinski definition) is 0. The van der Waals surface area contributed by atoms with E-state index in [0.29, 0.717) is 22.3 Å². The SMILES string of the molecule is Fc1cc(-c2cccs2)c(F)cc1-c1cccs1.[CH3][Sn]([CH3])([CH3])[c]1ccc(-c2cc(F)c(-c3cc[c]([Sn]([CH3])([CH3])[CH3])s3)cc2F)s1. The quantitative estimate of drug-likeness (QED) is 0.115. The van der Waals surface area contributed by atoms with Gasteiger partial charge in [0.1, 0.15) is 11.6 Å². The van der Waals surface area contributed by atoms with Crippen LogP contribution in [0.2, 0.25) is 29.6 Å². The third kappa shape index (κ3) is 7.74. The molecule has 0 aliphatic carbocycles. The molecule has 0 fully saturated rings. The first-order chi connectivity index (χ1) is 20.7. The molecule has 2 aromatic carbocycles. The van der Waals surface area contributed by atoms with Crippen molar-refractivity contribution in [2.24, 2.45) is 0 Å². The summed E-state index contributed by atoms with van der Waals surface area (Å²) >= 11 is 1.67. The van der Waals surface area contributed by atoms with E-state index in [1.165, 1.54) is 52.7 Å². The van der Waals surface area contributed by atoms with Gasteiger partial charge in [0.15, 0.2) is 0 Å². The van der Waals surface area contributed by atoms with Gasteiger partial charge in [-0.05, 0) is 35.0 Å². The molecule has 10 heteroatoms. The fourth-order valence-corrected chi connectivity index (χ4v) is 18.6. The van der Waals surface area contributed by atoms with E-state index in [-0.39, 0.29) is 23.3 Å². The van der Waals surface area contributed by atoms with Gasteiger partial charge in [0, 0.05) is 20.9 Å². The maximum absolute atomic E-state index is 14.8. The molecule has 0 saturated heterocycles. The summed E-state index contributed by atoms with van der Waals surface area (Å²) in [7, 11) is 0. The van der Waals surface area contributed by atoms with Crippen LogP contribution in [0, 0.1) is 23.3 Å². The molecule has 0 aliphatic heterocycles. The van der Waals surface area contributed by atoms with Crippen molar-refractivity contribution in [1.29, 1.82) is 0 Å². The number of hydrogen-bond acceptors (Lipinski definition) is 4. The second-order valence-corrected chi connectivity index (χ2v) is 47.3. The van der Waals surface area contributed by atoms with E-state index in [9.17, 15) is 17.6 Å². The molecule has 6 aromatic rings. The van der Waals surface area contributed by atoms with Gasteiger partial charge in [-0.1, -0.05) is 12.1 Å². The maximum atomic E-state index is 14.8. The van der Waals surface area contributed by atoms with Crippen molar-refractivity contribution < 1.29 is 17.6 Å². The zero-order chi connectivity index (χ0) is 31.8. The van der Waals surface area contributed by atoms with Gasteiger partial charge in [-0.3, -0.25) is 0 Å². The van der Waals surface area contributed by atoms with Crippen LogP contribution in [-0.2, 0) is 0 Å². The van der Waals surface area contributed by atoms with Crippen LogP contribution in [0.15, 0.2) is 83.6 Å². The Bertz CT molecular complexity index is 1740. The second-order valence-electron chi connectivity index (χ2n) is 12.4. The van der Waals surface area contributed by atoms with Crippen molar-refractivity contribution >= 4 is 87.9 Å². The van der Waals surface area contributed by atoms with Crippen molar-refractivity contribution in [2.45, 2.75) is 29.6 Å². The molecule has 4 aromatic heterocycles. The standard InChI is InChI=1S/C14H8F2S2.C14H6F2S2.6CH3.2Sn/c2*15-11-8-10(14-4-2-6-18-14)12(16)7-9(11)13-3-1-5-17-13;;;;;;;;/h1-8H;1-4,7-8H;6*1H3;;. The molecule has 44 heavy (non-hydrogen) atoms. The fraction of sp³-hybridized carbons (Fsp3) is 0.176. The summed E-state index contributed by atoms with van der Waals surface area (Å²) in [6.45, 7) is 0. The summed E-state index contributed by atoms with van der Waals surface area (Å²) in [5, 5.41) is 3.69. The van der Waals surface area contributed by atoms with Crippen LogP contribution in [-0.4, -0.2) is 36.8 Å². The van der Waals surface area contributed by atoms with E-state index < -0.39 is 36.8 Å². The van der Waals surface area contributed by atoms with Gasteiger partial charge in [-0.15, -0.1) is 22.7 Å². The van der Waals surface area contributed by atoms with Crippen molar-refractivity contribution in [3.63, 3.8) is 0 Å². The van der Waals surface area contributed by atoms with Gasteiger partial charge in [-0.25, -0.2) is 8.78 Å². The molecular weight excluding hydrogens is 850 g/mol. The average molecular weight is 882 g/mol. The van der Waals surface area contributed by atoms with Crippen molar-refractivity contribution in [2.75, 3.05) is 0 Å². The minimum atomic E-state index is -2.19. The number of benzene rings is 2. The second kappa shape index (κ2) is 13.7. The summed E-state index contributed by atoms with van der Waals surface area (Å²) in [6.07, 6.45) is 0. The van der Waals surface area contributed by atoms with Gasteiger partial charge >= 0.3 is 173 Å². The normalized spacial score (nSPS) is 11.9. The monoisotopic (exact) mass is 884 g/mol. The van der Waals surface area contributed by atoms with E-state index >= 15 is 0 Å². The topological polar surface area (TPSA) is 0 Å². The Kier molecular flexibility index (Phi) is 10.6. The first-order valence-electron chi connectivity index (χ1n) is 14.0. The van der Waals surface area contributed by atoms with Gasteiger partial charge in [0.25, 0.3) is 0 Å². The molecule has 0 aliphatic rings. The molecule has 0 N–H and O–H groups in total. The predicted octanol–water partition coefficient (Wildman–Crippen LogP) is 11.9. The first kappa shape index (κ1) is 33.9. The third-order valence-corrected chi connectivity index (χ3v) is 29.9. The Morgan fingerprint density at radius 3 is 1.00 bits per heavy atom. The van der Waals surface area contributed by atoms with Crippen LogP contribution >= 0.6 is 45.3 Å². The fourth-order valence-electron chi connectivity index (χ4n) is 4.48. The van der Waals surface area contributed by atoms with Gasteiger partial charge < -0.3 is 0 Å². The van der Waals surface area contributed by atoms with Crippen LogP contribution < -0.4 is 5.79 Å². The van der Waals surface area contributed by atoms with Crippen molar-refractivity contribution in [1.82, 2.24) is 0 Å². The van der Waals surface area contributed by atoms with Crippen LogP contribution in [0.5, 0.6) is 0 Å². The molecule has 0 atom stereocenters. The summed E-state index contributed by atoms with van der Waals surface area (Å²) in [5.41, 5.74) is 1.40. The number of rotatable bonds is 6. The third-order valence-electron chi connectivity index (χ3n) is 6.91. The Balaban J connectivity index is 0.000000186. The van der Waals surface area contributed by atoms with Gasteiger partial charge in [0.05, 0.1) is 0 Å². The molecule has 0 nitrogen and oxygen atoms in total. The predicted molar refractivity (Wildman–Crippen MR) is 192 cm³/mol. The molecule has 0 spiro atoms. The van der Waals surface area contributed by atoms with Gasteiger partial charge in [0.2, 0.25) is 0 Å². The number of halogens is 4. The molecule has 0 bridgehead atoms. The Morgan fingerprint density at radius 2 is 0.750 bits per heavy atom. The molecule has 0 radical (unpaired) electrons.